The second-order valence-corrected chi connectivity index (χ2v) is 8.09. The van der Waals surface area contributed by atoms with Crippen molar-refractivity contribution in [1.29, 1.82) is 0 Å². The highest BCUT2D eigenvalue weighted by molar-refractivity contribution is 5.95. The number of rotatable bonds is 6. The van der Waals surface area contributed by atoms with E-state index in [1.165, 1.54) is 12.1 Å². The molecule has 4 rings (SSSR count). The van der Waals surface area contributed by atoms with Crippen LogP contribution in [0.3, 0.4) is 0 Å². The Balaban J connectivity index is 1.28. The second-order valence-electron chi connectivity index (χ2n) is 8.09. The quantitative estimate of drug-likeness (QED) is 0.683. The molecule has 0 radical (unpaired) electrons. The van der Waals surface area contributed by atoms with Gasteiger partial charge < -0.3 is 14.4 Å². The van der Waals surface area contributed by atoms with Gasteiger partial charge in [0.1, 0.15) is 17.6 Å². The van der Waals surface area contributed by atoms with Crippen molar-refractivity contribution in [2.75, 3.05) is 50.7 Å². The topological polar surface area (TPSA) is 61.2 Å². The summed E-state index contributed by atoms with van der Waals surface area (Å²) in [6.45, 7) is 5.88. The van der Waals surface area contributed by atoms with E-state index in [0.717, 1.165) is 50.4 Å². The molecule has 2 aliphatic rings. The van der Waals surface area contributed by atoms with E-state index >= 15 is 0 Å². The summed E-state index contributed by atoms with van der Waals surface area (Å²) in [4.78, 5) is 30.8. The van der Waals surface area contributed by atoms with E-state index in [1.54, 1.807) is 4.57 Å². The zero-order valence-corrected chi connectivity index (χ0v) is 17.3. The smallest absolute Gasteiger partial charge is 0.270 e. The van der Waals surface area contributed by atoms with Gasteiger partial charge >= 0.3 is 0 Å². The van der Waals surface area contributed by atoms with Crippen molar-refractivity contribution in [2.45, 2.75) is 18.9 Å². The van der Waals surface area contributed by atoms with E-state index in [-0.39, 0.29) is 11.7 Å². The summed E-state index contributed by atoms with van der Waals surface area (Å²) < 4.78 is 14.9. The molecule has 3 heterocycles. The summed E-state index contributed by atoms with van der Waals surface area (Å²) >= 11 is 0. The van der Waals surface area contributed by atoms with E-state index in [1.807, 2.05) is 36.3 Å². The van der Waals surface area contributed by atoms with Crippen LogP contribution in [-0.2, 0) is 7.05 Å². The molecule has 1 unspecified atom stereocenters. The normalized spacial score (nSPS) is 20.2. The molecule has 8 heteroatoms. The first-order valence-electron chi connectivity index (χ1n) is 10.6. The first kappa shape index (κ1) is 20.5. The average Bonchev–Trinajstić information content (AvgIpc) is 3.08. The highest BCUT2D eigenvalue weighted by Crippen LogP contribution is 2.30. The predicted molar refractivity (Wildman–Crippen MR) is 114 cm³/mol. The summed E-state index contributed by atoms with van der Waals surface area (Å²) in [5.74, 6) is -0.220. The summed E-state index contributed by atoms with van der Waals surface area (Å²) in [5, 5.41) is 3.25. The van der Waals surface area contributed by atoms with Gasteiger partial charge in [0.2, 0.25) is 0 Å². The molecule has 2 aliphatic heterocycles. The number of aromatic nitrogens is 1. The molecule has 0 bridgehead atoms. The Kier molecular flexibility index (Phi) is 6.13. The maximum Gasteiger partial charge on any atom is 0.270 e. The van der Waals surface area contributed by atoms with Gasteiger partial charge in [-0.1, -0.05) is 5.18 Å². The van der Waals surface area contributed by atoms with Crippen LogP contribution in [0, 0.1) is 10.7 Å². The Morgan fingerprint density at radius 3 is 2.47 bits per heavy atom. The van der Waals surface area contributed by atoms with Crippen LogP contribution in [0.25, 0.3) is 0 Å². The van der Waals surface area contributed by atoms with Gasteiger partial charge in [-0.2, -0.15) is 4.91 Å². The predicted octanol–water partition coefficient (Wildman–Crippen LogP) is 3.03. The lowest BCUT2D eigenvalue weighted by molar-refractivity contribution is 0.0742. The first-order valence-corrected chi connectivity index (χ1v) is 10.6. The summed E-state index contributed by atoms with van der Waals surface area (Å²) in [5.41, 5.74) is 2.39. The van der Waals surface area contributed by atoms with Crippen LogP contribution in [0.5, 0.6) is 0 Å². The number of hydrogen-bond donors (Lipinski definition) is 0. The standard InChI is InChI=1S/C22H28FN5O2/c1-25-11-7-19-20(24-30)8-12-28(22(29)21(19)25)10-2-9-26-13-15-27(16-14-26)18-5-3-17(23)4-6-18/h3-7,11,20H,2,8-10,12-16H2,1H3. The fraction of sp³-hybridized carbons (Fsp3) is 0.500. The minimum Gasteiger partial charge on any atom is -0.369 e. The fourth-order valence-electron chi connectivity index (χ4n) is 4.47. The lowest BCUT2D eigenvalue weighted by atomic mass is 10.1. The van der Waals surface area contributed by atoms with Crippen LogP contribution in [0.1, 0.15) is 34.9 Å². The minimum atomic E-state index is -0.449. The second kappa shape index (κ2) is 8.95. The van der Waals surface area contributed by atoms with E-state index in [4.69, 9.17) is 0 Å². The molecular formula is C22H28FN5O2. The molecule has 1 aromatic heterocycles. The number of piperazine rings is 1. The molecule has 1 fully saturated rings. The van der Waals surface area contributed by atoms with Gasteiger partial charge in [-0.15, -0.1) is 0 Å². The third-order valence-corrected chi connectivity index (χ3v) is 6.22. The number of benzene rings is 1. The number of amides is 1. The lowest BCUT2D eigenvalue weighted by Gasteiger charge is -2.36. The van der Waals surface area contributed by atoms with Gasteiger partial charge in [0, 0.05) is 63.8 Å². The van der Waals surface area contributed by atoms with Gasteiger partial charge in [-0.25, -0.2) is 4.39 Å². The molecule has 2 aromatic rings. The highest BCUT2D eigenvalue weighted by atomic mass is 19.1. The monoisotopic (exact) mass is 413 g/mol. The molecule has 1 amide bonds. The van der Waals surface area contributed by atoms with Crippen LogP contribution in [0.15, 0.2) is 41.7 Å². The number of halogens is 1. The van der Waals surface area contributed by atoms with E-state index in [2.05, 4.69) is 15.0 Å². The zero-order chi connectivity index (χ0) is 21.1. The molecule has 0 N–H and O–H groups in total. The molecule has 1 atom stereocenters. The number of carbonyl (C=O) groups excluding carboxylic acids is 1. The molecule has 0 spiro atoms. The number of anilines is 1. The Morgan fingerprint density at radius 2 is 1.77 bits per heavy atom. The van der Waals surface area contributed by atoms with Gasteiger partial charge in [-0.05, 0) is 49.7 Å². The third-order valence-electron chi connectivity index (χ3n) is 6.22. The number of nitroso groups, excluding NO2 is 1. The van der Waals surface area contributed by atoms with E-state index in [9.17, 15) is 14.1 Å². The Hall–Kier alpha value is -2.74. The van der Waals surface area contributed by atoms with Crippen molar-refractivity contribution in [3.63, 3.8) is 0 Å². The van der Waals surface area contributed by atoms with Crippen molar-refractivity contribution >= 4 is 11.6 Å². The summed E-state index contributed by atoms with van der Waals surface area (Å²) in [6, 6.07) is 8.05. The minimum absolute atomic E-state index is 0.00946. The molecule has 30 heavy (non-hydrogen) atoms. The van der Waals surface area contributed by atoms with Crippen LogP contribution >= 0.6 is 0 Å². The molecule has 0 aliphatic carbocycles. The maximum absolute atomic E-state index is 13.1. The Bertz CT molecular complexity index is 889. The lowest BCUT2D eigenvalue weighted by Crippen LogP contribution is -2.47. The highest BCUT2D eigenvalue weighted by Gasteiger charge is 2.31. The number of nitrogens with zero attached hydrogens (tertiary/aromatic N) is 5. The van der Waals surface area contributed by atoms with Crippen molar-refractivity contribution < 1.29 is 9.18 Å². The summed E-state index contributed by atoms with van der Waals surface area (Å²) in [7, 11) is 1.84. The number of carbonyl (C=O) groups is 1. The largest absolute Gasteiger partial charge is 0.369 e. The Morgan fingerprint density at radius 1 is 1.03 bits per heavy atom. The van der Waals surface area contributed by atoms with Crippen molar-refractivity contribution in [3.05, 3.63) is 58.5 Å². The van der Waals surface area contributed by atoms with Gasteiger partial charge in [0.25, 0.3) is 5.91 Å². The van der Waals surface area contributed by atoms with Crippen LogP contribution in [0.2, 0.25) is 0 Å². The molecule has 7 nitrogen and oxygen atoms in total. The molecular weight excluding hydrogens is 385 g/mol. The first-order chi connectivity index (χ1) is 14.6. The SMILES string of the molecule is Cn1ccc2c1C(=O)N(CCCN1CCN(c3ccc(F)cc3)CC1)CCC2N=O. The average molecular weight is 413 g/mol. The molecule has 1 aromatic carbocycles. The van der Waals surface area contributed by atoms with Crippen LogP contribution < -0.4 is 4.90 Å². The van der Waals surface area contributed by atoms with E-state index in [0.29, 0.717) is 25.2 Å². The number of aryl methyl sites for hydroxylation is 1. The third kappa shape index (κ3) is 4.23. The van der Waals surface area contributed by atoms with Gasteiger partial charge in [-0.3, -0.25) is 9.69 Å². The molecule has 1 saturated heterocycles. The maximum atomic E-state index is 13.1. The number of fused-ring (bicyclic) bond motifs is 1. The fourth-order valence-corrected chi connectivity index (χ4v) is 4.47. The van der Waals surface area contributed by atoms with Crippen molar-refractivity contribution in [1.82, 2.24) is 14.4 Å². The molecule has 0 saturated carbocycles. The Labute approximate surface area is 176 Å². The van der Waals surface area contributed by atoms with Crippen molar-refractivity contribution in [3.8, 4) is 0 Å². The van der Waals surface area contributed by atoms with Gasteiger partial charge in [0.15, 0.2) is 0 Å². The van der Waals surface area contributed by atoms with E-state index < -0.39 is 6.04 Å². The zero-order valence-electron chi connectivity index (χ0n) is 17.3. The summed E-state index contributed by atoms with van der Waals surface area (Å²) in [6.07, 6.45) is 3.29. The molecule has 160 valence electrons. The van der Waals surface area contributed by atoms with Crippen LogP contribution in [0.4, 0.5) is 10.1 Å². The van der Waals surface area contributed by atoms with Gasteiger partial charge in [0.05, 0.1) is 0 Å². The number of hydrogen-bond acceptors (Lipinski definition) is 5. The van der Waals surface area contributed by atoms with Crippen molar-refractivity contribution in [2.24, 2.45) is 12.2 Å². The van der Waals surface area contributed by atoms with Crippen LogP contribution in [-0.4, -0.2) is 66.1 Å².